The average molecular weight is 285 g/mol. The number of rotatable bonds is 8. The van der Waals surface area contributed by atoms with Crippen LogP contribution in [0.15, 0.2) is 0 Å². The van der Waals surface area contributed by atoms with Crippen molar-refractivity contribution in [3.05, 3.63) is 5.82 Å². The number of hydrogen-bond donors (Lipinski definition) is 2. The van der Waals surface area contributed by atoms with Crippen molar-refractivity contribution in [3.8, 4) is 0 Å². The molecule has 19 heavy (non-hydrogen) atoms. The van der Waals surface area contributed by atoms with Crippen LogP contribution in [0.3, 0.4) is 0 Å². The second-order valence-electron chi connectivity index (χ2n) is 3.84. The summed E-state index contributed by atoms with van der Waals surface area (Å²) in [4.78, 5) is 22.9. The molecule has 0 aliphatic carbocycles. The van der Waals surface area contributed by atoms with Crippen LogP contribution < -0.4 is 11.5 Å². The second-order valence-corrected chi connectivity index (χ2v) is 4.95. The number of carbonyl (C=O) groups excluding carboxylic acids is 1. The normalized spacial score (nSPS) is 10.4. The number of unbranched alkanes of at least 4 members (excludes halogenated alkanes) is 1. The van der Waals surface area contributed by atoms with Crippen LogP contribution in [0.5, 0.6) is 0 Å². The minimum absolute atomic E-state index is 0.117. The molecule has 0 aliphatic rings. The Morgan fingerprint density at radius 1 is 1.26 bits per heavy atom. The Balaban J connectivity index is 2.18. The third-order valence-corrected chi connectivity index (χ3v) is 3.10. The first-order valence-corrected chi connectivity index (χ1v) is 7.26. The molecule has 1 aromatic heterocycles. The summed E-state index contributed by atoms with van der Waals surface area (Å²) in [6.07, 6.45) is 2.51. The number of nitrogens with zero attached hydrogens (tertiary/aromatic N) is 3. The largest absolute Gasteiger partial charge is 0.465 e. The first-order chi connectivity index (χ1) is 9.11. The summed E-state index contributed by atoms with van der Waals surface area (Å²) >= 11 is 1.47. The van der Waals surface area contributed by atoms with Crippen molar-refractivity contribution in [2.75, 3.05) is 29.6 Å². The van der Waals surface area contributed by atoms with E-state index < -0.39 is 0 Å². The van der Waals surface area contributed by atoms with E-state index in [4.69, 9.17) is 16.2 Å². The van der Waals surface area contributed by atoms with Crippen molar-refractivity contribution in [2.24, 2.45) is 0 Å². The van der Waals surface area contributed by atoms with Crippen molar-refractivity contribution in [1.82, 2.24) is 15.0 Å². The number of ether oxygens (including phenoxy) is 1. The molecule has 0 amide bonds. The smallest absolute Gasteiger partial charge is 0.315 e. The highest BCUT2D eigenvalue weighted by molar-refractivity contribution is 7.99. The van der Waals surface area contributed by atoms with Crippen molar-refractivity contribution in [2.45, 2.75) is 26.2 Å². The predicted octanol–water partition coefficient (Wildman–Crippen LogP) is 0.655. The SMILES string of the molecule is CCCCOC(=O)CSCCc1nc(N)nc(N)n1. The van der Waals surface area contributed by atoms with E-state index in [1.54, 1.807) is 0 Å². The molecule has 106 valence electrons. The van der Waals surface area contributed by atoms with E-state index in [2.05, 4.69) is 21.9 Å². The van der Waals surface area contributed by atoms with Gasteiger partial charge in [0.2, 0.25) is 11.9 Å². The first kappa shape index (κ1) is 15.5. The third kappa shape index (κ3) is 6.80. The number of nitrogen functional groups attached to an aromatic ring is 2. The van der Waals surface area contributed by atoms with Crippen LogP contribution in [0.4, 0.5) is 11.9 Å². The number of anilines is 2. The zero-order valence-corrected chi connectivity index (χ0v) is 11.8. The lowest BCUT2D eigenvalue weighted by Crippen LogP contribution is -2.10. The molecule has 0 radical (unpaired) electrons. The van der Waals surface area contributed by atoms with E-state index in [-0.39, 0.29) is 17.9 Å². The average Bonchev–Trinajstić information content (AvgIpc) is 2.34. The van der Waals surface area contributed by atoms with Crippen LogP contribution >= 0.6 is 11.8 Å². The van der Waals surface area contributed by atoms with E-state index in [1.807, 2.05) is 0 Å². The maximum atomic E-state index is 11.3. The van der Waals surface area contributed by atoms with E-state index in [1.165, 1.54) is 11.8 Å². The molecule has 0 saturated carbocycles. The summed E-state index contributed by atoms with van der Waals surface area (Å²) < 4.78 is 5.03. The summed E-state index contributed by atoms with van der Waals surface area (Å²) in [5.74, 6) is 1.62. The monoisotopic (exact) mass is 285 g/mol. The minimum atomic E-state index is -0.187. The quantitative estimate of drug-likeness (QED) is 0.528. The highest BCUT2D eigenvalue weighted by atomic mass is 32.2. The van der Waals surface area contributed by atoms with Crippen molar-refractivity contribution in [3.63, 3.8) is 0 Å². The molecule has 0 unspecified atom stereocenters. The summed E-state index contributed by atoms with van der Waals surface area (Å²) in [5.41, 5.74) is 10.9. The van der Waals surface area contributed by atoms with Crippen LogP contribution in [0.1, 0.15) is 25.6 Å². The Morgan fingerprint density at radius 3 is 2.58 bits per heavy atom. The van der Waals surface area contributed by atoms with E-state index in [0.717, 1.165) is 12.8 Å². The summed E-state index contributed by atoms with van der Waals surface area (Å²) in [7, 11) is 0. The van der Waals surface area contributed by atoms with Gasteiger partial charge in [0.15, 0.2) is 0 Å². The molecule has 0 saturated heterocycles. The number of esters is 1. The molecule has 0 atom stereocenters. The highest BCUT2D eigenvalue weighted by Gasteiger charge is 2.05. The number of thioether (sulfide) groups is 1. The van der Waals surface area contributed by atoms with Crippen molar-refractivity contribution in [1.29, 1.82) is 0 Å². The lowest BCUT2D eigenvalue weighted by molar-refractivity contribution is -0.140. The minimum Gasteiger partial charge on any atom is -0.465 e. The standard InChI is InChI=1S/C11H19N5O2S/c1-2-3-5-18-9(17)7-19-6-4-8-14-10(12)16-11(13)15-8/h2-7H2,1H3,(H4,12,13,14,15,16). The maximum Gasteiger partial charge on any atom is 0.315 e. The Kier molecular flexibility index (Phi) is 6.94. The van der Waals surface area contributed by atoms with E-state index >= 15 is 0 Å². The number of carbonyl (C=O) groups is 1. The molecule has 1 aromatic rings. The lowest BCUT2D eigenvalue weighted by atomic mass is 10.4. The molecule has 0 bridgehead atoms. The van der Waals surface area contributed by atoms with Gasteiger partial charge in [0, 0.05) is 12.2 Å². The fourth-order valence-electron chi connectivity index (χ4n) is 1.26. The Morgan fingerprint density at radius 2 is 1.95 bits per heavy atom. The van der Waals surface area contributed by atoms with Gasteiger partial charge in [-0.3, -0.25) is 4.79 Å². The Bertz CT molecular complexity index is 396. The maximum absolute atomic E-state index is 11.3. The van der Waals surface area contributed by atoms with Gasteiger partial charge in [0.25, 0.3) is 0 Å². The van der Waals surface area contributed by atoms with Gasteiger partial charge in [-0.05, 0) is 6.42 Å². The van der Waals surface area contributed by atoms with Crippen LogP contribution in [0, 0.1) is 0 Å². The summed E-state index contributed by atoms with van der Waals surface area (Å²) in [6.45, 7) is 2.55. The molecule has 1 heterocycles. The van der Waals surface area contributed by atoms with Crippen LogP contribution in [0.2, 0.25) is 0 Å². The van der Waals surface area contributed by atoms with Crippen LogP contribution in [0.25, 0.3) is 0 Å². The van der Waals surface area contributed by atoms with Gasteiger partial charge in [0.05, 0.1) is 12.4 Å². The topological polar surface area (TPSA) is 117 Å². The van der Waals surface area contributed by atoms with Gasteiger partial charge >= 0.3 is 5.97 Å². The second kappa shape index (κ2) is 8.52. The van der Waals surface area contributed by atoms with Crippen molar-refractivity contribution >= 4 is 29.6 Å². The number of hydrogen-bond acceptors (Lipinski definition) is 8. The van der Waals surface area contributed by atoms with Crippen LogP contribution in [-0.2, 0) is 16.0 Å². The van der Waals surface area contributed by atoms with Gasteiger partial charge in [-0.1, -0.05) is 13.3 Å². The molecule has 4 N–H and O–H groups in total. The Labute approximate surface area is 116 Å². The number of nitrogens with two attached hydrogens (primary N) is 2. The fourth-order valence-corrected chi connectivity index (χ4v) is 1.98. The fraction of sp³-hybridized carbons (Fsp3) is 0.636. The van der Waals surface area contributed by atoms with Crippen molar-refractivity contribution < 1.29 is 9.53 Å². The van der Waals surface area contributed by atoms with E-state index in [9.17, 15) is 4.79 Å². The molecule has 8 heteroatoms. The molecule has 0 fully saturated rings. The zero-order valence-electron chi connectivity index (χ0n) is 11.0. The van der Waals surface area contributed by atoms with Gasteiger partial charge in [-0.15, -0.1) is 11.8 Å². The lowest BCUT2D eigenvalue weighted by Gasteiger charge is -2.04. The number of aromatic nitrogens is 3. The first-order valence-electron chi connectivity index (χ1n) is 6.11. The molecular weight excluding hydrogens is 266 g/mol. The van der Waals surface area contributed by atoms with E-state index in [0.29, 0.717) is 30.4 Å². The molecule has 0 spiro atoms. The molecule has 1 rings (SSSR count). The number of aryl methyl sites for hydroxylation is 1. The molecule has 7 nitrogen and oxygen atoms in total. The van der Waals surface area contributed by atoms with Gasteiger partial charge in [-0.2, -0.15) is 15.0 Å². The highest BCUT2D eigenvalue weighted by Crippen LogP contribution is 2.06. The summed E-state index contributed by atoms with van der Waals surface area (Å²) in [6, 6.07) is 0. The zero-order chi connectivity index (χ0) is 14.1. The van der Waals surface area contributed by atoms with Gasteiger partial charge < -0.3 is 16.2 Å². The van der Waals surface area contributed by atoms with Crippen LogP contribution in [-0.4, -0.2) is 39.0 Å². The van der Waals surface area contributed by atoms with Gasteiger partial charge in [0.1, 0.15) is 5.82 Å². The molecular formula is C11H19N5O2S. The molecule has 0 aliphatic heterocycles. The summed E-state index contributed by atoms with van der Waals surface area (Å²) in [5, 5.41) is 0. The predicted molar refractivity (Wildman–Crippen MR) is 75.5 cm³/mol. The third-order valence-electron chi connectivity index (χ3n) is 2.17. The molecule has 0 aromatic carbocycles. The van der Waals surface area contributed by atoms with Gasteiger partial charge in [-0.25, -0.2) is 0 Å². The Hall–Kier alpha value is -1.57.